The van der Waals surface area contributed by atoms with Crippen LogP contribution in [-0.2, 0) is 16.0 Å². The van der Waals surface area contributed by atoms with Gasteiger partial charge in [-0.05, 0) is 59.2 Å². The lowest BCUT2D eigenvalue weighted by molar-refractivity contribution is -0.123. The van der Waals surface area contributed by atoms with E-state index in [2.05, 4.69) is 34.9 Å². The van der Waals surface area contributed by atoms with E-state index in [9.17, 15) is 9.59 Å². The van der Waals surface area contributed by atoms with Gasteiger partial charge in [0.1, 0.15) is 0 Å². The van der Waals surface area contributed by atoms with Crippen LogP contribution in [0.4, 0.5) is 0 Å². The summed E-state index contributed by atoms with van der Waals surface area (Å²) in [6.07, 6.45) is 2.76. The van der Waals surface area contributed by atoms with Gasteiger partial charge < -0.3 is 20.1 Å². The van der Waals surface area contributed by atoms with Gasteiger partial charge in [-0.25, -0.2) is 0 Å². The average molecular weight is 455 g/mol. The Balaban J connectivity index is 1.17. The molecule has 3 aromatic rings. The fraction of sp³-hybridized carbons (Fsp3) is 0.286. The van der Waals surface area contributed by atoms with E-state index in [0.717, 1.165) is 28.2 Å². The molecular formula is C28H26N2O4. The number of carbonyl (C=O) groups excluding carboxylic acids is 2. The normalized spacial score (nSPS) is 20.1. The highest BCUT2D eigenvalue weighted by Crippen LogP contribution is 2.43. The number of carbonyl (C=O) groups is 2. The Morgan fingerprint density at radius 1 is 0.971 bits per heavy atom. The first-order valence-corrected chi connectivity index (χ1v) is 11.8. The molecular weight excluding hydrogens is 428 g/mol. The fourth-order valence-corrected chi connectivity index (χ4v) is 5.52. The van der Waals surface area contributed by atoms with Crippen molar-refractivity contribution in [2.24, 2.45) is 0 Å². The molecule has 2 heterocycles. The van der Waals surface area contributed by atoms with Crippen LogP contribution < -0.4 is 20.1 Å². The molecule has 0 radical (unpaired) electrons. The summed E-state index contributed by atoms with van der Waals surface area (Å²) in [6.45, 7) is 0.230. The number of fused-ring (bicyclic) bond motifs is 4. The SMILES string of the molecule is O=C(CC[C@@]1(Cc2ccc3c(c2)OCO3)CCC(=O)N1)NC1c2ccccc2-c2ccccc21. The summed E-state index contributed by atoms with van der Waals surface area (Å²) >= 11 is 0. The van der Waals surface area contributed by atoms with Crippen LogP contribution in [0.1, 0.15) is 48.4 Å². The average Bonchev–Trinajstić information content (AvgIpc) is 3.55. The third kappa shape index (κ3) is 3.69. The first-order chi connectivity index (χ1) is 16.6. The summed E-state index contributed by atoms with van der Waals surface area (Å²) < 4.78 is 10.9. The highest BCUT2D eigenvalue weighted by atomic mass is 16.7. The van der Waals surface area contributed by atoms with Gasteiger partial charge in [-0.3, -0.25) is 9.59 Å². The quantitative estimate of drug-likeness (QED) is 0.583. The first-order valence-electron chi connectivity index (χ1n) is 11.8. The van der Waals surface area contributed by atoms with Crippen molar-refractivity contribution in [3.05, 3.63) is 83.4 Å². The van der Waals surface area contributed by atoms with Crippen LogP contribution in [0.25, 0.3) is 11.1 Å². The van der Waals surface area contributed by atoms with E-state index >= 15 is 0 Å². The zero-order chi connectivity index (χ0) is 23.1. The topological polar surface area (TPSA) is 76.7 Å². The number of nitrogens with one attached hydrogen (secondary N) is 2. The third-order valence-corrected chi connectivity index (χ3v) is 7.18. The molecule has 1 atom stereocenters. The van der Waals surface area contributed by atoms with E-state index in [4.69, 9.17) is 9.47 Å². The molecule has 1 fully saturated rings. The minimum absolute atomic E-state index is 0.0114. The van der Waals surface area contributed by atoms with Crippen molar-refractivity contribution in [2.45, 2.75) is 43.7 Å². The summed E-state index contributed by atoms with van der Waals surface area (Å²) in [5.74, 6) is 1.50. The van der Waals surface area contributed by atoms with Crippen molar-refractivity contribution in [2.75, 3.05) is 6.79 Å². The molecule has 0 aromatic heterocycles. The van der Waals surface area contributed by atoms with Gasteiger partial charge in [0.15, 0.2) is 11.5 Å². The molecule has 3 aromatic carbocycles. The lowest BCUT2D eigenvalue weighted by Gasteiger charge is -2.29. The van der Waals surface area contributed by atoms with Crippen LogP contribution >= 0.6 is 0 Å². The van der Waals surface area contributed by atoms with Gasteiger partial charge in [0.25, 0.3) is 0 Å². The number of amides is 2. The van der Waals surface area contributed by atoms with Crippen LogP contribution in [0.3, 0.4) is 0 Å². The van der Waals surface area contributed by atoms with E-state index in [0.29, 0.717) is 32.1 Å². The van der Waals surface area contributed by atoms with E-state index < -0.39 is 5.54 Å². The number of benzene rings is 3. The van der Waals surface area contributed by atoms with Crippen molar-refractivity contribution < 1.29 is 19.1 Å². The predicted octanol–water partition coefficient (Wildman–Crippen LogP) is 4.27. The highest BCUT2D eigenvalue weighted by Gasteiger charge is 2.38. The van der Waals surface area contributed by atoms with Crippen LogP contribution in [0.5, 0.6) is 11.5 Å². The number of rotatable bonds is 6. The maximum atomic E-state index is 13.1. The lowest BCUT2D eigenvalue weighted by atomic mass is 9.84. The summed E-state index contributed by atoms with van der Waals surface area (Å²) in [5.41, 5.74) is 5.22. The Hall–Kier alpha value is -3.80. The maximum absolute atomic E-state index is 13.1. The van der Waals surface area contributed by atoms with E-state index in [-0.39, 0.29) is 24.6 Å². The molecule has 2 amide bonds. The molecule has 6 rings (SSSR count). The van der Waals surface area contributed by atoms with Crippen molar-refractivity contribution in [3.8, 4) is 22.6 Å². The highest BCUT2D eigenvalue weighted by molar-refractivity contribution is 5.84. The third-order valence-electron chi connectivity index (χ3n) is 7.18. The Bertz CT molecular complexity index is 1240. The largest absolute Gasteiger partial charge is 0.454 e. The van der Waals surface area contributed by atoms with Gasteiger partial charge in [-0.15, -0.1) is 0 Å². The fourth-order valence-electron chi connectivity index (χ4n) is 5.52. The van der Waals surface area contributed by atoms with Crippen molar-refractivity contribution in [1.82, 2.24) is 10.6 Å². The molecule has 0 unspecified atom stereocenters. The zero-order valence-electron chi connectivity index (χ0n) is 18.8. The van der Waals surface area contributed by atoms with Crippen LogP contribution in [-0.4, -0.2) is 24.1 Å². The van der Waals surface area contributed by atoms with Gasteiger partial charge in [0, 0.05) is 18.4 Å². The molecule has 6 heteroatoms. The molecule has 2 N–H and O–H groups in total. The summed E-state index contributed by atoms with van der Waals surface area (Å²) in [5, 5.41) is 6.43. The second kappa shape index (κ2) is 8.20. The van der Waals surface area contributed by atoms with Crippen LogP contribution in [0, 0.1) is 0 Å². The van der Waals surface area contributed by atoms with Crippen LogP contribution in [0.2, 0.25) is 0 Å². The van der Waals surface area contributed by atoms with Crippen LogP contribution in [0.15, 0.2) is 66.7 Å². The predicted molar refractivity (Wildman–Crippen MR) is 127 cm³/mol. The number of hydrogen-bond acceptors (Lipinski definition) is 4. The van der Waals surface area contributed by atoms with Gasteiger partial charge in [-0.1, -0.05) is 54.6 Å². The van der Waals surface area contributed by atoms with Gasteiger partial charge >= 0.3 is 0 Å². The molecule has 1 saturated heterocycles. The van der Waals surface area contributed by atoms with E-state index in [1.54, 1.807) is 0 Å². The molecule has 6 nitrogen and oxygen atoms in total. The second-order valence-corrected chi connectivity index (χ2v) is 9.37. The molecule has 2 aliphatic heterocycles. The first kappa shape index (κ1) is 20.8. The molecule has 0 bridgehead atoms. The van der Waals surface area contributed by atoms with Crippen molar-refractivity contribution in [3.63, 3.8) is 0 Å². The Kier molecular flexibility index (Phi) is 5.01. The smallest absolute Gasteiger partial charge is 0.231 e. The standard InChI is InChI=1S/C28H26N2O4/c31-25(29-27-21-7-3-1-5-19(21)20-6-2-4-8-22(20)27)11-13-28(14-12-26(32)30-28)16-18-9-10-23-24(15-18)34-17-33-23/h1-10,15,27H,11-14,16-17H2,(H,29,31)(H,30,32)/t28-/m0/s1. The van der Waals surface area contributed by atoms with Gasteiger partial charge in [-0.2, -0.15) is 0 Å². The van der Waals surface area contributed by atoms with Gasteiger partial charge in [0.2, 0.25) is 18.6 Å². The zero-order valence-corrected chi connectivity index (χ0v) is 18.8. The molecule has 172 valence electrons. The molecule has 34 heavy (non-hydrogen) atoms. The summed E-state index contributed by atoms with van der Waals surface area (Å²) in [7, 11) is 0. The van der Waals surface area contributed by atoms with Gasteiger partial charge in [0.05, 0.1) is 6.04 Å². The van der Waals surface area contributed by atoms with E-state index in [1.165, 1.54) is 11.1 Å². The van der Waals surface area contributed by atoms with Crippen molar-refractivity contribution in [1.29, 1.82) is 0 Å². The number of hydrogen-bond donors (Lipinski definition) is 2. The minimum atomic E-state index is -0.437. The Morgan fingerprint density at radius 3 is 2.38 bits per heavy atom. The molecule has 3 aliphatic rings. The molecule has 0 saturated carbocycles. The Morgan fingerprint density at radius 2 is 1.68 bits per heavy atom. The number of ether oxygens (including phenoxy) is 2. The lowest BCUT2D eigenvalue weighted by Crippen LogP contribution is -2.44. The maximum Gasteiger partial charge on any atom is 0.231 e. The van der Waals surface area contributed by atoms with Crippen molar-refractivity contribution >= 4 is 11.8 Å². The second-order valence-electron chi connectivity index (χ2n) is 9.37. The molecule has 0 spiro atoms. The molecule has 1 aliphatic carbocycles. The monoisotopic (exact) mass is 454 g/mol. The van der Waals surface area contributed by atoms with E-state index in [1.807, 2.05) is 42.5 Å². The summed E-state index contributed by atoms with van der Waals surface area (Å²) in [4.78, 5) is 25.3. The summed E-state index contributed by atoms with van der Waals surface area (Å²) in [6, 6.07) is 22.2. The Labute approximate surface area is 198 Å². The minimum Gasteiger partial charge on any atom is -0.454 e.